The molecule has 1 aromatic rings. The molecule has 33 heavy (non-hydrogen) atoms. The molecule has 0 heterocycles. The average molecular weight is 436 g/mol. The summed E-state index contributed by atoms with van der Waals surface area (Å²) in [5, 5.41) is 3.78. The van der Waals surface area contributed by atoms with Crippen molar-refractivity contribution in [3.05, 3.63) is 119 Å². The first-order valence-electron chi connectivity index (χ1n) is 12.9. The molecule has 4 aliphatic carbocycles. The number of hydrogen-bond acceptors (Lipinski definition) is 1. The Morgan fingerprint density at radius 3 is 2.45 bits per heavy atom. The molecule has 4 unspecified atom stereocenters. The maximum absolute atomic E-state index is 3.78. The first kappa shape index (κ1) is 22.0. The summed E-state index contributed by atoms with van der Waals surface area (Å²) < 4.78 is 0. The van der Waals surface area contributed by atoms with Crippen LogP contribution >= 0.6 is 0 Å². The summed E-state index contributed by atoms with van der Waals surface area (Å²) in [7, 11) is 0. The molecule has 0 saturated heterocycles. The van der Waals surface area contributed by atoms with Crippen LogP contribution in [0.4, 0.5) is 0 Å². The van der Waals surface area contributed by atoms with Crippen molar-refractivity contribution >= 4 is 0 Å². The smallest absolute Gasteiger partial charge is 0.0414 e. The summed E-state index contributed by atoms with van der Waals surface area (Å²) >= 11 is 0. The molecule has 1 heteroatoms. The monoisotopic (exact) mass is 435 g/mol. The number of hydrogen-bond donors (Lipinski definition) is 1. The summed E-state index contributed by atoms with van der Waals surface area (Å²) in [6.45, 7) is 4.79. The van der Waals surface area contributed by atoms with E-state index < -0.39 is 0 Å². The molecule has 5 rings (SSSR count). The molecule has 0 saturated carbocycles. The summed E-state index contributed by atoms with van der Waals surface area (Å²) in [6.07, 6.45) is 29.8. The van der Waals surface area contributed by atoms with Crippen molar-refractivity contribution in [2.75, 3.05) is 0 Å². The molecule has 1 nitrogen and oxygen atoms in total. The van der Waals surface area contributed by atoms with E-state index in [1.54, 1.807) is 0 Å². The van der Waals surface area contributed by atoms with Crippen molar-refractivity contribution in [2.45, 2.75) is 64.2 Å². The summed E-state index contributed by atoms with van der Waals surface area (Å²) in [5.41, 5.74) is 8.59. The highest BCUT2D eigenvalue weighted by Gasteiger charge is 2.27. The highest BCUT2D eigenvalue weighted by Crippen LogP contribution is 2.41. The van der Waals surface area contributed by atoms with Gasteiger partial charge in [0.1, 0.15) is 0 Å². The lowest BCUT2D eigenvalue weighted by Crippen LogP contribution is -2.20. The van der Waals surface area contributed by atoms with Crippen LogP contribution in [0.15, 0.2) is 108 Å². The molecule has 1 aromatic carbocycles. The lowest BCUT2D eigenvalue weighted by molar-refractivity contribution is 0.373. The van der Waals surface area contributed by atoms with Crippen LogP contribution in [0.5, 0.6) is 0 Å². The molecule has 4 aliphatic rings. The Labute approximate surface area is 200 Å². The number of nitrogens with one attached hydrogen (secondary N) is 1. The molecule has 1 N–H and O–H groups in total. The molecule has 4 atom stereocenters. The van der Waals surface area contributed by atoms with Gasteiger partial charge in [0, 0.05) is 17.3 Å². The van der Waals surface area contributed by atoms with Crippen molar-refractivity contribution in [2.24, 2.45) is 11.8 Å². The Hall–Kier alpha value is -2.80. The van der Waals surface area contributed by atoms with Gasteiger partial charge in [-0.2, -0.15) is 0 Å². The minimum atomic E-state index is 0.433. The Morgan fingerprint density at radius 2 is 1.70 bits per heavy atom. The second-order valence-electron chi connectivity index (χ2n) is 10.2. The van der Waals surface area contributed by atoms with E-state index in [-0.39, 0.29) is 0 Å². The molecule has 170 valence electrons. The van der Waals surface area contributed by atoms with E-state index in [9.17, 15) is 0 Å². The van der Waals surface area contributed by atoms with Gasteiger partial charge >= 0.3 is 0 Å². The third-order valence-electron chi connectivity index (χ3n) is 7.81. The zero-order chi connectivity index (χ0) is 22.6. The maximum Gasteiger partial charge on any atom is 0.0414 e. The van der Waals surface area contributed by atoms with Crippen LogP contribution in [0.2, 0.25) is 0 Å². The molecule has 0 aliphatic heterocycles. The van der Waals surface area contributed by atoms with Crippen LogP contribution in [0.1, 0.15) is 75.3 Å². The lowest BCUT2D eigenvalue weighted by atomic mass is 9.73. The largest absolute Gasteiger partial charge is 0.359 e. The first-order chi connectivity index (χ1) is 16.2. The van der Waals surface area contributed by atoms with Crippen LogP contribution < -0.4 is 5.32 Å². The van der Waals surface area contributed by atoms with E-state index in [2.05, 4.69) is 104 Å². The van der Waals surface area contributed by atoms with Crippen molar-refractivity contribution < 1.29 is 0 Å². The highest BCUT2D eigenvalue weighted by atomic mass is 14.9. The van der Waals surface area contributed by atoms with E-state index >= 15 is 0 Å². The number of rotatable bonds is 5. The first-order valence-corrected chi connectivity index (χ1v) is 12.9. The van der Waals surface area contributed by atoms with Gasteiger partial charge in [-0.15, -0.1) is 0 Å². The van der Waals surface area contributed by atoms with Crippen LogP contribution in [0.3, 0.4) is 0 Å². The van der Waals surface area contributed by atoms with Gasteiger partial charge in [-0.3, -0.25) is 0 Å². The van der Waals surface area contributed by atoms with Crippen LogP contribution in [-0.2, 0) is 0 Å². The van der Waals surface area contributed by atoms with Gasteiger partial charge in [-0.05, 0) is 90.7 Å². The van der Waals surface area contributed by atoms with E-state index in [1.165, 1.54) is 40.1 Å². The van der Waals surface area contributed by atoms with Gasteiger partial charge in [0.05, 0.1) is 0 Å². The fraction of sp³-hybridized carbons (Fsp3) is 0.375. The maximum atomic E-state index is 3.78. The zero-order valence-electron chi connectivity index (χ0n) is 20.1. The van der Waals surface area contributed by atoms with Crippen LogP contribution in [-0.4, -0.2) is 0 Å². The summed E-state index contributed by atoms with van der Waals surface area (Å²) in [6, 6.07) is 9.49. The summed E-state index contributed by atoms with van der Waals surface area (Å²) in [4.78, 5) is 0. The normalized spacial score (nSPS) is 29.2. The van der Waals surface area contributed by atoms with E-state index in [1.807, 2.05) is 0 Å². The Kier molecular flexibility index (Phi) is 6.67. The zero-order valence-corrected chi connectivity index (χ0v) is 20.1. The number of allylic oxidation sites excluding steroid dienone is 13. The van der Waals surface area contributed by atoms with Gasteiger partial charge in [0.2, 0.25) is 0 Å². The highest BCUT2D eigenvalue weighted by molar-refractivity contribution is 5.49. The number of benzene rings is 1. The van der Waals surface area contributed by atoms with E-state index in [0.29, 0.717) is 23.7 Å². The fourth-order valence-electron chi connectivity index (χ4n) is 6.02. The molecule has 0 spiro atoms. The van der Waals surface area contributed by atoms with Crippen molar-refractivity contribution in [1.29, 1.82) is 0 Å². The molecule has 0 fully saturated rings. The third kappa shape index (κ3) is 4.93. The fourth-order valence-corrected chi connectivity index (χ4v) is 6.02. The predicted octanol–water partition coefficient (Wildman–Crippen LogP) is 8.40. The van der Waals surface area contributed by atoms with E-state index in [4.69, 9.17) is 0 Å². The molecule has 0 amide bonds. The minimum absolute atomic E-state index is 0.433. The predicted molar refractivity (Wildman–Crippen MR) is 141 cm³/mol. The molecular formula is C32H37N. The van der Waals surface area contributed by atoms with E-state index in [0.717, 1.165) is 32.1 Å². The topological polar surface area (TPSA) is 12.0 Å². The quantitative estimate of drug-likeness (QED) is 0.458. The summed E-state index contributed by atoms with van der Waals surface area (Å²) in [5.74, 6) is 2.36. The minimum Gasteiger partial charge on any atom is -0.359 e. The van der Waals surface area contributed by atoms with Crippen molar-refractivity contribution in [3.63, 3.8) is 0 Å². The lowest BCUT2D eigenvalue weighted by Gasteiger charge is -2.32. The molecular weight excluding hydrogens is 398 g/mol. The Morgan fingerprint density at radius 1 is 0.879 bits per heavy atom. The molecule has 0 aromatic heterocycles. The molecule has 0 bridgehead atoms. The van der Waals surface area contributed by atoms with Crippen LogP contribution in [0, 0.1) is 11.8 Å². The van der Waals surface area contributed by atoms with Gasteiger partial charge in [-0.1, -0.05) is 86.7 Å². The second kappa shape index (κ2) is 10.00. The van der Waals surface area contributed by atoms with Crippen molar-refractivity contribution in [3.8, 4) is 0 Å². The van der Waals surface area contributed by atoms with Gasteiger partial charge < -0.3 is 5.32 Å². The third-order valence-corrected chi connectivity index (χ3v) is 7.81. The standard InChI is InChI=1S/C32H37N/c1-23-11-9-12-24(2)32(23)28-16-10-15-26(21-28)27-19-20-31(33-29-17-7-4-8-18-29)30(22-27)25-13-5-3-6-14-25/h3-5,7,9-11,13,15-17,19-21,23-24,27,32-33H,6,8,12,14,18,22H2,1-2H3. The Bertz CT molecular complexity index is 1090. The van der Waals surface area contributed by atoms with Crippen molar-refractivity contribution in [1.82, 2.24) is 5.32 Å². The van der Waals surface area contributed by atoms with Gasteiger partial charge in [-0.25, -0.2) is 0 Å². The average Bonchev–Trinajstić information content (AvgIpc) is 2.86. The van der Waals surface area contributed by atoms with Crippen LogP contribution in [0.25, 0.3) is 0 Å². The molecule has 0 radical (unpaired) electrons. The Balaban J connectivity index is 1.43. The second-order valence-corrected chi connectivity index (χ2v) is 10.2. The van der Waals surface area contributed by atoms with Gasteiger partial charge in [0.15, 0.2) is 0 Å². The SMILES string of the molecule is CC1C=CCC(C)C1c1cccc(C2C=CC(NC3=CC=CCC3)=C(C3=CC=CCC3)C2)c1. The van der Waals surface area contributed by atoms with Gasteiger partial charge in [0.25, 0.3) is 0 Å².